The van der Waals surface area contributed by atoms with Crippen molar-refractivity contribution < 1.29 is 19.1 Å². The summed E-state index contributed by atoms with van der Waals surface area (Å²) >= 11 is 5.98. The first kappa shape index (κ1) is 14.3. The second kappa shape index (κ2) is 6.81. The molecule has 1 aromatic rings. The third-order valence-electron chi connectivity index (χ3n) is 1.92. The van der Waals surface area contributed by atoms with Crippen LogP contribution in [-0.4, -0.2) is 18.5 Å². The van der Waals surface area contributed by atoms with Gasteiger partial charge in [0, 0.05) is 19.1 Å². The molecule has 96 valence electrons. The van der Waals surface area contributed by atoms with Gasteiger partial charge in [-0.3, -0.25) is 4.79 Å². The van der Waals surface area contributed by atoms with Crippen LogP contribution in [0, 0.1) is 0 Å². The van der Waals surface area contributed by atoms with Gasteiger partial charge in [-0.2, -0.15) is 0 Å². The molecule has 0 atom stereocenters. The predicted molar refractivity (Wildman–Crippen MR) is 68.4 cm³/mol. The van der Waals surface area contributed by atoms with E-state index in [1.54, 1.807) is 19.1 Å². The maximum atomic E-state index is 11.1. The van der Waals surface area contributed by atoms with Crippen molar-refractivity contribution in [2.24, 2.45) is 0 Å². The molecule has 0 heterocycles. The topological polar surface area (TPSA) is 52.6 Å². The number of ether oxygens (including phenoxy) is 2. The van der Waals surface area contributed by atoms with Crippen LogP contribution in [0.1, 0.15) is 19.4 Å². The SMILES string of the molecule is CCOC(=O)C=Cc1ccc(OC(C)=O)cc1Cl. The average Bonchev–Trinajstić information content (AvgIpc) is 2.27. The summed E-state index contributed by atoms with van der Waals surface area (Å²) in [7, 11) is 0. The molecular formula is C13H13ClO4. The summed E-state index contributed by atoms with van der Waals surface area (Å²) in [6, 6.07) is 4.75. The van der Waals surface area contributed by atoms with Crippen molar-refractivity contribution >= 4 is 29.6 Å². The minimum atomic E-state index is -0.433. The lowest BCUT2D eigenvalue weighted by Gasteiger charge is -2.03. The molecular weight excluding hydrogens is 256 g/mol. The molecule has 5 heteroatoms. The van der Waals surface area contributed by atoms with Crippen molar-refractivity contribution in [1.82, 2.24) is 0 Å². The summed E-state index contributed by atoms with van der Waals surface area (Å²) in [6.45, 7) is 3.36. The van der Waals surface area contributed by atoms with Crippen LogP contribution in [0.4, 0.5) is 0 Å². The van der Waals surface area contributed by atoms with Crippen molar-refractivity contribution in [3.63, 3.8) is 0 Å². The molecule has 1 aromatic carbocycles. The second-order valence-electron chi connectivity index (χ2n) is 3.36. The van der Waals surface area contributed by atoms with E-state index in [9.17, 15) is 9.59 Å². The first-order valence-electron chi connectivity index (χ1n) is 5.35. The van der Waals surface area contributed by atoms with Crippen LogP contribution >= 0.6 is 11.6 Å². The van der Waals surface area contributed by atoms with Gasteiger partial charge in [-0.1, -0.05) is 11.6 Å². The summed E-state index contributed by atoms with van der Waals surface area (Å²) in [6.07, 6.45) is 2.83. The largest absolute Gasteiger partial charge is 0.463 e. The fourth-order valence-corrected chi connectivity index (χ4v) is 1.45. The number of halogens is 1. The summed E-state index contributed by atoms with van der Waals surface area (Å²) in [5.41, 5.74) is 0.639. The number of hydrogen-bond donors (Lipinski definition) is 0. The molecule has 4 nitrogen and oxygen atoms in total. The molecule has 0 aromatic heterocycles. The Labute approximate surface area is 110 Å². The van der Waals surface area contributed by atoms with Crippen LogP contribution in [0.2, 0.25) is 5.02 Å². The maximum absolute atomic E-state index is 11.1. The molecule has 0 bridgehead atoms. The zero-order valence-electron chi connectivity index (χ0n) is 10.1. The number of carbonyl (C=O) groups is 2. The molecule has 0 fully saturated rings. The highest BCUT2D eigenvalue weighted by Gasteiger charge is 2.03. The Kier molecular flexibility index (Phi) is 5.39. The number of hydrogen-bond acceptors (Lipinski definition) is 4. The van der Waals surface area contributed by atoms with Gasteiger partial charge in [0.05, 0.1) is 11.6 Å². The zero-order valence-corrected chi connectivity index (χ0v) is 10.9. The Morgan fingerprint density at radius 3 is 2.67 bits per heavy atom. The zero-order chi connectivity index (χ0) is 13.5. The first-order chi connectivity index (χ1) is 8.52. The molecule has 0 aliphatic heterocycles. The van der Waals surface area contributed by atoms with Crippen LogP contribution in [0.5, 0.6) is 5.75 Å². The van der Waals surface area contributed by atoms with Crippen LogP contribution < -0.4 is 4.74 Å². The quantitative estimate of drug-likeness (QED) is 0.479. The van der Waals surface area contributed by atoms with E-state index >= 15 is 0 Å². The monoisotopic (exact) mass is 268 g/mol. The highest BCUT2D eigenvalue weighted by Crippen LogP contribution is 2.23. The summed E-state index contributed by atoms with van der Waals surface area (Å²) in [4.78, 5) is 21.9. The summed E-state index contributed by atoms with van der Waals surface area (Å²) < 4.78 is 9.62. The number of carbonyl (C=O) groups excluding carboxylic acids is 2. The fraction of sp³-hybridized carbons (Fsp3) is 0.231. The second-order valence-corrected chi connectivity index (χ2v) is 3.77. The third kappa shape index (κ3) is 4.59. The molecule has 0 aliphatic rings. The highest BCUT2D eigenvalue weighted by molar-refractivity contribution is 6.32. The minimum absolute atomic E-state index is 0.322. The van der Waals surface area contributed by atoms with Crippen LogP contribution in [-0.2, 0) is 14.3 Å². The van der Waals surface area contributed by atoms with Crippen molar-refractivity contribution in [1.29, 1.82) is 0 Å². The van der Waals surface area contributed by atoms with E-state index in [0.717, 1.165) is 0 Å². The predicted octanol–water partition coefficient (Wildman–Crippen LogP) is 2.84. The van der Waals surface area contributed by atoms with Crippen LogP contribution in [0.15, 0.2) is 24.3 Å². The highest BCUT2D eigenvalue weighted by atomic mass is 35.5. The first-order valence-corrected chi connectivity index (χ1v) is 5.73. The molecule has 0 N–H and O–H groups in total. The van der Waals surface area contributed by atoms with Gasteiger partial charge >= 0.3 is 11.9 Å². The fourth-order valence-electron chi connectivity index (χ4n) is 1.22. The Morgan fingerprint density at radius 2 is 2.11 bits per heavy atom. The molecule has 0 spiro atoms. The van der Waals surface area contributed by atoms with E-state index in [1.807, 2.05) is 0 Å². The molecule has 0 unspecified atom stereocenters. The van der Waals surface area contributed by atoms with Crippen molar-refractivity contribution in [3.8, 4) is 5.75 Å². The van der Waals surface area contributed by atoms with E-state index in [0.29, 0.717) is 22.9 Å². The van der Waals surface area contributed by atoms with Crippen molar-refractivity contribution in [3.05, 3.63) is 34.9 Å². The summed E-state index contributed by atoms with van der Waals surface area (Å²) in [5, 5.41) is 0.384. The van der Waals surface area contributed by atoms with Crippen molar-refractivity contribution in [2.75, 3.05) is 6.61 Å². The Balaban J connectivity index is 2.79. The van der Waals surface area contributed by atoms with E-state index in [2.05, 4.69) is 0 Å². The smallest absolute Gasteiger partial charge is 0.330 e. The molecule has 0 saturated heterocycles. The standard InChI is InChI=1S/C13H13ClO4/c1-3-17-13(16)7-5-10-4-6-11(8-12(10)14)18-9(2)15/h4-8H,3H2,1-2H3. The number of rotatable bonds is 4. The van der Waals surface area contributed by atoms with E-state index in [-0.39, 0.29) is 0 Å². The van der Waals surface area contributed by atoms with Gasteiger partial charge in [-0.25, -0.2) is 4.79 Å². The lowest BCUT2D eigenvalue weighted by molar-refractivity contribution is -0.137. The number of esters is 2. The third-order valence-corrected chi connectivity index (χ3v) is 2.25. The Hall–Kier alpha value is -1.81. The lowest BCUT2D eigenvalue weighted by atomic mass is 10.2. The molecule has 0 amide bonds. The van der Waals surface area contributed by atoms with E-state index in [1.165, 1.54) is 25.1 Å². The molecule has 0 aliphatic carbocycles. The van der Waals surface area contributed by atoms with Crippen LogP contribution in [0.25, 0.3) is 6.08 Å². The van der Waals surface area contributed by atoms with Crippen LogP contribution in [0.3, 0.4) is 0 Å². The minimum Gasteiger partial charge on any atom is -0.463 e. The summed E-state index contributed by atoms with van der Waals surface area (Å²) in [5.74, 6) is -0.487. The Morgan fingerprint density at radius 1 is 1.39 bits per heavy atom. The van der Waals surface area contributed by atoms with Gasteiger partial charge in [0.25, 0.3) is 0 Å². The van der Waals surface area contributed by atoms with Gasteiger partial charge in [-0.15, -0.1) is 0 Å². The average molecular weight is 269 g/mol. The normalized spacial score (nSPS) is 10.4. The van der Waals surface area contributed by atoms with E-state index in [4.69, 9.17) is 21.1 Å². The molecule has 1 rings (SSSR count). The van der Waals surface area contributed by atoms with Gasteiger partial charge in [-0.05, 0) is 30.7 Å². The Bertz CT molecular complexity index is 480. The van der Waals surface area contributed by atoms with Gasteiger partial charge in [0.1, 0.15) is 5.75 Å². The van der Waals surface area contributed by atoms with E-state index < -0.39 is 11.9 Å². The van der Waals surface area contributed by atoms with Gasteiger partial charge < -0.3 is 9.47 Å². The van der Waals surface area contributed by atoms with Gasteiger partial charge in [0.2, 0.25) is 0 Å². The lowest BCUT2D eigenvalue weighted by Crippen LogP contribution is -2.01. The molecule has 0 radical (unpaired) electrons. The number of benzene rings is 1. The van der Waals surface area contributed by atoms with Gasteiger partial charge in [0.15, 0.2) is 0 Å². The molecule has 18 heavy (non-hydrogen) atoms. The van der Waals surface area contributed by atoms with Crippen molar-refractivity contribution in [2.45, 2.75) is 13.8 Å². The maximum Gasteiger partial charge on any atom is 0.330 e. The molecule has 0 saturated carbocycles.